The standard InChI is InChI=1S/C31H30N4O7/c1-40-23-8-6-22(7-9-23)35-29(38)31(28(37)32-30(35)39,13-19-5-10-25-26(12-19)42-18-41-25)17-33-14-20-11-21(16-33)24-3-2-4-27(36)34(24)15-20/h2-10,12,20-21H,11,13-18H2,1H3,(H,32,37,39)/t20-,21+,31+/m0/s1. The summed E-state index contributed by atoms with van der Waals surface area (Å²) in [4.78, 5) is 57.3. The van der Waals surface area contributed by atoms with E-state index in [0.717, 1.165) is 17.0 Å². The van der Waals surface area contributed by atoms with Crippen LogP contribution in [-0.4, -0.2) is 60.8 Å². The molecule has 1 aromatic heterocycles. The SMILES string of the molecule is COc1ccc(N2C(=O)NC(=O)[C@@](Cc3ccc4c(c3)OCO4)(CN3C[C@@H]4C[C@H](C3)c3cccc(=O)n3C4)C2=O)cc1. The predicted molar refractivity (Wildman–Crippen MR) is 151 cm³/mol. The fraction of sp³-hybridized carbons (Fsp3) is 0.355. The van der Waals surface area contributed by atoms with Crippen LogP contribution >= 0.6 is 0 Å². The Hall–Kier alpha value is -4.64. The first-order valence-electron chi connectivity index (χ1n) is 14.0. The van der Waals surface area contributed by atoms with Gasteiger partial charge < -0.3 is 23.7 Å². The van der Waals surface area contributed by atoms with Crippen molar-refractivity contribution < 1.29 is 28.6 Å². The number of urea groups is 1. The van der Waals surface area contributed by atoms with E-state index >= 15 is 0 Å². The van der Waals surface area contributed by atoms with E-state index < -0.39 is 23.3 Å². The van der Waals surface area contributed by atoms with Gasteiger partial charge in [0.15, 0.2) is 11.5 Å². The molecule has 4 amide bonds. The molecule has 0 unspecified atom stereocenters. The molecule has 5 heterocycles. The van der Waals surface area contributed by atoms with E-state index in [9.17, 15) is 19.2 Å². The average Bonchev–Trinajstić information content (AvgIpc) is 3.45. The van der Waals surface area contributed by atoms with Gasteiger partial charge in [-0.15, -0.1) is 0 Å². The second kappa shape index (κ2) is 10.0. The highest BCUT2D eigenvalue weighted by Gasteiger charge is 2.56. The zero-order chi connectivity index (χ0) is 29.0. The van der Waals surface area contributed by atoms with Gasteiger partial charge in [-0.25, -0.2) is 9.69 Å². The van der Waals surface area contributed by atoms with Crippen molar-refractivity contribution in [3.63, 3.8) is 0 Å². The quantitative estimate of drug-likeness (QED) is 0.449. The number of benzene rings is 2. The lowest BCUT2D eigenvalue weighted by atomic mass is 9.75. The summed E-state index contributed by atoms with van der Waals surface area (Å²) in [6.45, 7) is 2.01. The Morgan fingerprint density at radius 1 is 0.952 bits per heavy atom. The van der Waals surface area contributed by atoms with Crippen LogP contribution in [0.5, 0.6) is 17.2 Å². The lowest BCUT2D eigenvalue weighted by molar-refractivity contribution is -0.144. The number of likely N-dealkylation sites (tertiary alicyclic amines) is 1. The minimum absolute atomic E-state index is 0.00888. The molecule has 11 nitrogen and oxygen atoms in total. The summed E-state index contributed by atoms with van der Waals surface area (Å²) in [6, 6.07) is 16.5. The maximum atomic E-state index is 14.5. The maximum absolute atomic E-state index is 14.5. The summed E-state index contributed by atoms with van der Waals surface area (Å²) in [7, 11) is 1.53. The number of ether oxygens (including phenoxy) is 3. The highest BCUT2D eigenvalue weighted by Crippen LogP contribution is 2.41. The Bertz CT molecular complexity index is 1650. The number of rotatable bonds is 6. The number of barbiturate groups is 1. The van der Waals surface area contributed by atoms with Crippen molar-refractivity contribution in [2.75, 3.05) is 38.4 Å². The topological polar surface area (TPSA) is 119 Å². The lowest BCUT2D eigenvalue weighted by Gasteiger charge is -2.47. The molecule has 1 N–H and O–H groups in total. The minimum atomic E-state index is -1.61. The van der Waals surface area contributed by atoms with Gasteiger partial charge in [-0.05, 0) is 66.8 Å². The fourth-order valence-corrected chi connectivity index (χ4v) is 6.90. The van der Waals surface area contributed by atoms with Gasteiger partial charge in [0.1, 0.15) is 11.2 Å². The molecule has 3 aromatic rings. The number of hydrogen-bond acceptors (Lipinski definition) is 8. The molecular weight excluding hydrogens is 540 g/mol. The number of fused-ring (bicyclic) bond motifs is 5. The molecular formula is C31H30N4O7. The second-order valence-electron chi connectivity index (χ2n) is 11.4. The van der Waals surface area contributed by atoms with Crippen molar-refractivity contribution in [1.29, 1.82) is 0 Å². The summed E-state index contributed by atoms with van der Waals surface area (Å²) in [5.74, 6) is 0.781. The summed E-state index contributed by atoms with van der Waals surface area (Å²) in [5, 5.41) is 2.48. The van der Waals surface area contributed by atoms with Crippen molar-refractivity contribution in [2.45, 2.75) is 25.3 Å². The first kappa shape index (κ1) is 26.3. The summed E-state index contributed by atoms with van der Waals surface area (Å²) in [5.41, 5.74) is 0.405. The third-order valence-electron chi connectivity index (χ3n) is 8.79. The number of nitrogens with zero attached hydrogens (tertiary/aromatic N) is 3. The van der Waals surface area contributed by atoms with Crippen molar-refractivity contribution in [3.8, 4) is 17.2 Å². The van der Waals surface area contributed by atoms with Gasteiger partial charge in [0, 0.05) is 43.9 Å². The average molecular weight is 571 g/mol. The number of imide groups is 2. The van der Waals surface area contributed by atoms with E-state index in [0.29, 0.717) is 48.1 Å². The number of nitrogens with one attached hydrogen (secondary N) is 1. The first-order chi connectivity index (χ1) is 20.3. The molecule has 2 aromatic carbocycles. The van der Waals surface area contributed by atoms with Crippen molar-refractivity contribution in [2.24, 2.45) is 11.3 Å². The van der Waals surface area contributed by atoms with Crippen molar-refractivity contribution in [3.05, 3.63) is 82.3 Å². The monoisotopic (exact) mass is 570 g/mol. The number of anilines is 1. The van der Waals surface area contributed by atoms with E-state index in [2.05, 4.69) is 10.2 Å². The third kappa shape index (κ3) is 4.32. The summed E-state index contributed by atoms with van der Waals surface area (Å²) >= 11 is 0. The van der Waals surface area contributed by atoms with Crippen LogP contribution in [0.25, 0.3) is 0 Å². The van der Waals surface area contributed by atoms with Gasteiger partial charge in [-0.3, -0.25) is 19.7 Å². The number of hydrogen-bond donors (Lipinski definition) is 1. The van der Waals surface area contributed by atoms with Gasteiger partial charge in [0.25, 0.3) is 11.5 Å². The minimum Gasteiger partial charge on any atom is -0.497 e. The van der Waals surface area contributed by atoms with Crippen LogP contribution in [0, 0.1) is 11.3 Å². The maximum Gasteiger partial charge on any atom is 0.335 e. The molecule has 2 fully saturated rings. The Balaban J connectivity index is 1.26. The summed E-state index contributed by atoms with van der Waals surface area (Å²) in [6.07, 6.45) is 0.988. The molecule has 42 heavy (non-hydrogen) atoms. The number of carbonyl (C=O) groups is 3. The molecule has 4 aliphatic rings. The largest absolute Gasteiger partial charge is 0.497 e. The zero-order valence-electron chi connectivity index (χ0n) is 23.1. The van der Waals surface area contributed by atoms with Gasteiger partial charge in [-0.1, -0.05) is 12.1 Å². The summed E-state index contributed by atoms with van der Waals surface area (Å²) < 4.78 is 18.1. The molecule has 4 aliphatic heterocycles. The van der Waals surface area contributed by atoms with Crippen LogP contribution in [0.4, 0.5) is 10.5 Å². The molecule has 216 valence electrons. The Morgan fingerprint density at radius 3 is 2.57 bits per heavy atom. The van der Waals surface area contributed by atoms with Crippen LogP contribution in [-0.2, 0) is 22.6 Å². The van der Waals surface area contributed by atoms with Gasteiger partial charge in [-0.2, -0.15) is 0 Å². The number of pyridine rings is 1. The number of amides is 4. The molecule has 2 bridgehead atoms. The number of carbonyl (C=O) groups excluding carboxylic acids is 3. The number of piperidine rings is 1. The number of aromatic nitrogens is 1. The molecule has 2 saturated heterocycles. The normalized spacial score (nSPS) is 24.8. The predicted octanol–water partition coefficient (Wildman–Crippen LogP) is 2.52. The van der Waals surface area contributed by atoms with E-state index in [1.165, 1.54) is 7.11 Å². The van der Waals surface area contributed by atoms with E-state index in [-0.39, 0.29) is 37.2 Å². The van der Waals surface area contributed by atoms with Crippen LogP contribution in [0.1, 0.15) is 23.6 Å². The molecule has 11 heteroatoms. The molecule has 0 spiro atoms. The highest BCUT2D eigenvalue weighted by molar-refractivity contribution is 6.30. The molecule has 0 radical (unpaired) electrons. The lowest BCUT2D eigenvalue weighted by Crippen LogP contribution is -2.68. The Morgan fingerprint density at radius 2 is 1.76 bits per heavy atom. The molecule has 0 aliphatic carbocycles. The van der Waals surface area contributed by atoms with Gasteiger partial charge >= 0.3 is 6.03 Å². The van der Waals surface area contributed by atoms with Gasteiger partial charge in [0.05, 0.1) is 12.8 Å². The van der Waals surface area contributed by atoms with Crippen LogP contribution in [0.3, 0.4) is 0 Å². The van der Waals surface area contributed by atoms with Crippen LogP contribution < -0.4 is 30.0 Å². The zero-order valence-corrected chi connectivity index (χ0v) is 23.1. The van der Waals surface area contributed by atoms with Gasteiger partial charge in [0.2, 0.25) is 12.7 Å². The molecule has 3 atom stereocenters. The van der Waals surface area contributed by atoms with E-state index in [4.69, 9.17) is 14.2 Å². The smallest absolute Gasteiger partial charge is 0.335 e. The highest BCUT2D eigenvalue weighted by atomic mass is 16.7. The third-order valence-corrected chi connectivity index (χ3v) is 8.79. The Labute approximate surface area is 241 Å². The first-order valence-corrected chi connectivity index (χ1v) is 14.0. The van der Waals surface area contributed by atoms with E-state index in [1.54, 1.807) is 48.5 Å². The van der Waals surface area contributed by atoms with E-state index in [1.807, 2.05) is 16.7 Å². The number of methoxy groups -OCH3 is 1. The van der Waals surface area contributed by atoms with Crippen LogP contribution in [0.15, 0.2) is 65.5 Å². The second-order valence-corrected chi connectivity index (χ2v) is 11.4. The fourth-order valence-electron chi connectivity index (χ4n) is 6.90. The van der Waals surface area contributed by atoms with Crippen LogP contribution in [0.2, 0.25) is 0 Å². The van der Waals surface area contributed by atoms with Crippen molar-refractivity contribution >= 4 is 23.5 Å². The Kier molecular flexibility index (Phi) is 6.27. The molecule has 7 rings (SSSR count). The molecule has 0 saturated carbocycles. The van der Waals surface area contributed by atoms with Crippen molar-refractivity contribution in [1.82, 2.24) is 14.8 Å².